The molecule has 1 aliphatic heterocycles. The zero-order valence-corrected chi connectivity index (χ0v) is 13.7. The van der Waals surface area contributed by atoms with Crippen LogP contribution in [0.5, 0.6) is 0 Å². The van der Waals surface area contributed by atoms with Crippen LogP contribution in [0.15, 0.2) is 42.0 Å². The van der Waals surface area contributed by atoms with Crippen molar-refractivity contribution < 1.29 is 4.74 Å². The van der Waals surface area contributed by atoms with E-state index in [2.05, 4.69) is 51.6 Å². The fourth-order valence-corrected chi connectivity index (χ4v) is 2.27. The van der Waals surface area contributed by atoms with E-state index in [1.165, 1.54) is 5.69 Å². The van der Waals surface area contributed by atoms with E-state index >= 15 is 0 Å². The summed E-state index contributed by atoms with van der Waals surface area (Å²) in [6.45, 7) is 9.66. The van der Waals surface area contributed by atoms with Crippen molar-refractivity contribution in [3.05, 3.63) is 42.5 Å². The highest BCUT2D eigenvalue weighted by molar-refractivity contribution is 7.80. The molecule has 0 unspecified atom stereocenters. The number of benzene rings is 1. The Morgan fingerprint density at radius 2 is 2.05 bits per heavy atom. The van der Waals surface area contributed by atoms with Gasteiger partial charge in [0.05, 0.1) is 18.9 Å². The maximum Gasteiger partial charge on any atom is 0.187 e. The summed E-state index contributed by atoms with van der Waals surface area (Å²) >= 11 is 5.10. The Morgan fingerprint density at radius 1 is 1.36 bits per heavy atom. The molecule has 1 heterocycles. The molecule has 2 N–H and O–H groups in total. The maximum absolute atomic E-state index is 5.37. The minimum Gasteiger partial charge on any atom is -0.378 e. The summed E-state index contributed by atoms with van der Waals surface area (Å²) in [6, 6.07) is 8.39. The molecule has 1 aromatic rings. The molecule has 22 heavy (non-hydrogen) atoms. The van der Waals surface area contributed by atoms with Gasteiger partial charge in [-0.3, -0.25) is 5.43 Å². The van der Waals surface area contributed by atoms with Gasteiger partial charge in [-0.25, -0.2) is 0 Å². The lowest BCUT2D eigenvalue weighted by atomic mass is 10.1. The number of nitrogens with zero attached hydrogens (tertiary/aromatic N) is 2. The summed E-state index contributed by atoms with van der Waals surface area (Å²) in [7, 11) is 0. The van der Waals surface area contributed by atoms with E-state index < -0.39 is 0 Å². The second-order valence-electron chi connectivity index (χ2n) is 4.95. The molecule has 0 atom stereocenters. The van der Waals surface area contributed by atoms with Crippen molar-refractivity contribution in [1.82, 2.24) is 10.7 Å². The Bertz CT molecular complexity index is 536. The second-order valence-corrected chi connectivity index (χ2v) is 5.36. The molecule has 2 rings (SSSR count). The molecule has 1 fully saturated rings. The van der Waals surface area contributed by atoms with Gasteiger partial charge in [-0.15, -0.1) is 6.58 Å². The van der Waals surface area contributed by atoms with Gasteiger partial charge in [0, 0.05) is 25.3 Å². The van der Waals surface area contributed by atoms with Crippen molar-refractivity contribution in [3.8, 4) is 0 Å². The summed E-state index contributed by atoms with van der Waals surface area (Å²) < 4.78 is 5.37. The predicted octanol–water partition coefficient (Wildman–Crippen LogP) is 1.90. The van der Waals surface area contributed by atoms with Crippen LogP contribution < -0.4 is 15.6 Å². The molecule has 5 nitrogen and oxygen atoms in total. The van der Waals surface area contributed by atoms with Crippen LogP contribution >= 0.6 is 12.2 Å². The lowest BCUT2D eigenvalue weighted by Gasteiger charge is -2.28. The Labute approximate surface area is 137 Å². The minimum atomic E-state index is 0.490. The zero-order valence-electron chi connectivity index (χ0n) is 12.8. The Hall–Kier alpha value is -1.92. The number of hydrazone groups is 1. The largest absolute Gasteiger partial charge is 0.378 e. The number of rotatable bonds is 5. The zero-order chi connectivity index (χ0) is 15.8. The highest BCUT2D eigenvalue weighted by Gasteiger charge is 2.11. The smallest absolute Gasteiger partial charge is 0.187 e. The maximum atomic E-state index is 5.37. The summed E-state index contributed by atoms with van der Waals surface area (Å²) in [5, 5.41) is 7.74. The molecular weight excluding hydrogens is 296 g/mol. The molecular formula is C16H22N4OS. The Balaban J connectivity index is 1.93. The molecule has 1 aromatic carbocycles. The van der Waals surface area contributed by atoms with Gasteiger partial charge in [-0.05, 0) is 36.8 Å². The lowest BCUT2D eigenvalue weighted by molar-refractivity contribution is 0.122. The first-order valence-electron chi connectivity index (χ1n) is 7.33. The van der Waals surface area contributed by atoms with E-state index in [0.29, 0.717) is 11.7 Å². The van der Waals surface area contributed by atoms with Gasteiger partial charge in [0.2, 0.25) is 0 Å². The predicted molar refractivity (Wildman–Crippen MR) is 95.6 cm³/mol. The summed E-state index contributed by atoms with van der Waals surface area (Å²) in [6.07, 6.45) is 1.74. The van der Waals surface area contributed by atoms with Crippen LogP contribution in [0.25, 0.3) is 0 Å². The molecule has 0 amide bonds. The van der Waals surface area contributed by atoms with Crippen LogP contribution in [0.4, 0.5) is 5.69 Å². The SMILES string of the molecule is C=CCNC(=S)N/N=C(/C)c1ccc(N2CCOCC2)cc1. The van der Waals surface area contributed by atoms with Gasteiger partial charge >= 0.3 is 0 Å². The van der Waals surface area contributed by atoms with E-state index in [0.717, 1.165) is 37.6 Å². The number of ether oxygens (including phenoxy) is 1. The molecule has 0 spiro atoms. The lowest BCUT2D eigenvalue weighted by Crippen LogP contribution is -2.36. The molecule has 1 aliphatic rings. The van der Waals surface area contributed by atoms with Crippen LogP contribution in [-0.4, -0.2) is 43.7 Å². The van der Waals surface area contributed by atoms with Crippen LogP contribution in [-0.2, 0) is 4.74 Å². The number of thiocarbonyl (C=S) groups is 1. The van der Waals surface area contributed by atoms with E-state index in [-0.39, 0.29) is 0 Å². The monoisotopic (exact) mass is 318 g/mol. The average molecular weight is 318 g/mol. The van der Waals surface area contributed by atoms with Crippen LogP contribution in [0.2, 0.25) is 0 Å². The van der Waals surface area contributed by atoms with Gasteiger partial charge in [0.25, 0.3) is 0 Å². The van der Waals surface area contributed by atoms with Crippen molar-refractivity contribution in [2.75, 3.05) is 37.7 Å². The van der Waals surface area contributed by atoms with Gasteiger partial charge in [0.1, 0.15) is 0 Å². The van der Waals surface area contributed by atoms with Crippen molar-refractivity contribution in [3.63, 3.8) is 0 Å². The second kappa shape index (κ2) is 8.51. The van der Waals surface area contributed by atoms with Crippen molar-refractivity contribution in [2.24, 2.45) is 5.10 Å². The van der Waals surface area contributed by atoms with E-state index in [1.54, 1.807) is 6.08 Å². The minimum absolute atomic E-state index is 0.490. The molecule has 0 bridgehead atoms. The highest BCUT2D eigenvalue weighted by Crippen LogP contribution is 2.16. The van der Waals surface area contributed by atoms with E-state index in [9.17, 15) is 0 Å². The summed E-state index contributed by atoms with van der Waals surface area (Å²) in [4.78, 5) is 2.33. The third kappa shape index (κ3) is 4.82. The van der Waals surface area contributed by atoms with Crippen molar-refractivity contribution >= 4 is 28.7 Å². The average Bonchev–Trinajstić information content (AvgIpc) is 2.58. The third-order valence-corrected chi connectivity index (χ3v) is 3.63. The van der Waals surface area contributed by atoms with E-state index in [4.69, 9.17) is 17.0 Å². The van der Waals surface area contributed by atoms with E-state index in [1.807, 2.05) is 6.92 Å². The molecule has 0 aliphatic carbocycles. The standard InChI is InChI=1S/C16H22N4OS/c1-3-8-17-16(22)19-18-13(2)14-4-6-15(7-5-14)20-9-11-21-12-10-20/h3-7H,1,8-12H2,2H3,(H2,17,19,22)/b18-13-. The number of anilines is 1. The van der Waals surface area contributed by atoms with Crippen LogP contribution in [0.1, 0.15) is 12.5 Å². The topological polar surface area (TPSA) is 48.9 Å². The molecule has 6 heteroatoms. The van der Waals surface area contributed by atoms with Crippen LogP contribution in [0.3, 0.4) is 0 Å². The molecule has 0 aromatic heterocycles. The number of nitrogens with one attached hydrogen (secondary N) is 2. The number of hydrogen-bond acceptors (Lipinski definition) is 4. The fourth-order valence-electron chi connectivity index (χ4n) is 2.14. The van der Waals surface area contributed by atoms with Gasteiger partial charge in [0.15, 0.2) is 5.11 Å². The number of hydrogen-bond donors (Lipinski definition) is 2. The third-order valence-electron chi connectivity index (χ3n) is 3.39. The fraction of sp³-hybridized carbons (Fsp3) is 0.375. The number of morpholine rings is 1. The first-order chi connectivity index (χ1) is 10.7. The van der Waals surface area contributed by atoms with Crippen molar-refractivity contribution in [2.45, 2.75) is 6.92 Å². The van der Waals surface area contributed by atoms with Gasteiger partial charge < -0.3 is 15.0 Å². The summed E-state index contributed by atoms with van der Waals surface area (Å²) in [5.41, 5.74) is 6.00. The summed E-state index contributed by atoms with van der Waals surface area (Å²) in [5.74, 6) is 0. The normalized spacial score (nSPS) is 15.3. The van der Waals surface area contributed by atoms with Crippen molar-refractivity contribution in [1.29, 1.82) is 0 Å². The first-order valence-corrected chi connectivity index (χ1v) is 7.73. The Morgan fingerprint density at radius 3 is 2.68 bits per heavy atom. The Kier molecular flexibility index (Phi) is 6.36. The van der Waals surface area contributed by atoms with Gasteiger partial charge in [-0.2, -0.15) is 5.10 Å². The molecule has 118 valence electrons. The quantitative estimate of drug-likeness (QED) is 0.376. The molecule has 0 saturated carbocycles. The van der Waals surface area contributed by atoms with Gasteiger partial charge in [-0.1, -0.05) is 18.2 Å². The highest BCUT2D eigenvalue weighted by atomic mass is 32.1. The van der Waals surface area contributed by atoms with Crippen LogP contribution in [0, 0.1) is 0 Å². The molecule has 0 radical (unpaired) electrons. The first kappa shape index (κ1) is 16.5. The molecule has 1 saturated heterocycles.